The maximum absolute atomic E-state index is 4.65. The molecule has 166 valence electrons. The van der Waals surface area contributed by atoms with Crippen LogP contribution in [-0.2, 0) is 26.2 Å². The van der Waals surface area contributed by atoms with Crippen molar-refractivity contribution in [3.8, 4) is 0 Å². The van der Waals surface area contributed by atoms with Crippen molar-refractivity contribution in [1.82, 2.24) is 0 Å². The molecule has 0 bridgehead atoms. The van der Waals surface area contributed by atoms with E-state index in [9.17, 15) is 0 Å². The van der Waals surface area contributed by atoms with Gasteiger partial charge in [-0.2, -0.15) is 41.6 Å². The van der Waals surface area contributed by atoms with Crippen LogP contribution in [0.1, 0.15) is 11.1 Å². The largest absolute Gasteiger partial charge is 4.00 e. The topological polar surface area (TPSA) is 0 Å². The number of hydrogen-bond donors (Lipinski definition) is 0. The Bertz CT molecular complexity index is 1080. The van der Waals surface area contributed by atoms with Crippen LogP contribution in [0.3, 0.4) is 0 Å². The van der Waals surface area contributed by atoms with Gasteiger partial charge < -0.3 is 6.55 Å². The van der Waals surface area contributed by atoms with Gasteiger partial charge in [0, 0.05) is 0 Å². The van der Waals surface area contributed by atoms with E-state index in [0.29, 0.717) is 0 Å². The Morgan fingerprint density at radius 2 is 1.03 bits per heavy atom. The van der Waals surface area contributed by atoms with Gasteiger partial charge in [0.15, 0.2) is 0 Å². The molecule has 0 N–H and O–H groups in total. The molecule has 1 unspecified atom stereocenters. The Morgan fingerprint density at radius 1 is 0.618 bits per heavy atom. The van der Waals surface area contributed by atoms with Gasteiger partial charge in [-0.15, -0.1) is 41.5 Å². The van der Waals surface area contributed by atoms with E-state index in [1.807, 2.05) is 72.8 Å². The summed E-state index contributed by atoms with van der Waals surface area (Å²) in [5, 5.41) is 2.55. The zero-order valence-corrected chi connectivity index (χ0v) is 23.1. The maximum Gasteiger partial charge on any atom is 4.00 e. The van der Waals surface area contributed by atoms with Gasteiger partial charge >= 0.3 is 26.2 Å². The van der Waals surface area contributed by atoms with E-state index in [-0.39, 0.29) is 26.2 Å². The quantitative estimate of drug-likeness (QED) is 0.127. The van der Waals surface area contributed by atoms with Crippen LogP contribution in [0.4, 0.5) is 0 Å². The Hall–Kier alpha value is -2.80. The molecule has 34 heavy (non-hydrogen) atoms. The SMILES string of the molecule is [CH2-][Si](C)(C(=[C-]c1ccccc1)c1ccccc1)c1ccccc1.[Zr+4].c1cc[cH-]c1.c1cc[cH-]c1. The number of hydrogen-bond acceptors (Lipinski definition) is 0. The van der Waals surface area contributed by atoms with Crippen LogP contribution in [0.2, 0.25) is 6.55 Å². The molecular formula is C32H30SiZr. The van der Waals surface area contributed by atoms with Crippen molar-refractivity contribution >= 4 is 18.5 Å². The van der Waals surface area contributed by atoms with E-state index in [2.05, 4.69) is 98.0 Å². The van der Waals surface area contributed by atoms with Gasteiger partial charge in [0.05, 0.1) is 0 Å². The molecule has 0 nitrogen and oxygen atoms in total. The molecule has 0 radical (unpaired) electrons. The fourth-order valence-corrected chi connectivity index (χ4v) is 5.83. The summed E-state index contributed by atoms with van der Waals surface area (Å²) in [7, 11) is -2.08. The number of rotatable bonds is 4. The van der Waals surface area contributed by atoms with Crippen LogP contribution in [0.5, 0.6) is 0 Å². The molecule has 0 fully saturated rings. The zero-order chi connectivity index (χ0) is 23.2. The van der Waals surface area contributed by atoms with Crippen molar-refractivity contribution in [3.63, 3.8) is 0 Å². The summed E-state index contributed by atoms with van der Waals surface area (Å²) in [5.74, 6) is 0. The molecule has 0 aromatic heterocycles. The molecule has 2 heteroatoms. The first-order chi connectivity index (χ1) is 16.2. The van der Waals surface area contributed by atoms with Gasteiger partial charge in [0.2, 0.25) is 0 Å². The molecule has 0 saturated carbocycles. The third-order valence-corrected chi connectivity index (χ3v) is 8.30. The van der Waals surface area contributed by atoms with Crippen molar-refractivity contribution in [3.05, 3.63) is 175 Å². The normalized spacial score (nSPS) is 12.0. The van der Waals surface area contributed by atoms with Crippen LogP contribution < -0.4 is 5.19 Å². The van der Waals surface area contributed by atoms with E-state index >= 15 is 0 Å². The fraction of sp³-hybridized carbons (Fsp3) is 0.0312. The Morgan fingerprint density at radius 3 is 1.44 bits per heavy atom. The van der Waals surface area contributed by atoms with E-state index in [0.717, 1.165) is 5.56 Å². The minimum Gasteiger partial charge on any atom is -0.335 e. The van der Waals surface area contributed by atoms with Crippen molar-refractivity contribution in [2.45, 2.75) is 6.55 Å². The summed E-state index contributed by atoms with van der Waals surface area (Å²) in [5.41, 5.74) is 2.31. The molecule has 0 spiro atoms. The molecule has 5 rings (SSSR count). The van der Waals surface area contributed by atoms with E-state index in [1.165, 1.54) is 15.9 Å². The average Bonchev–Trinajstić information content (AvgIpc) is 3.64. The third kappa shape index (κ3) is 8.86. The van der Waals surface area contributed by atoms with Crippen molar-refractivity contribution in [2.75, 3.05) is 0 Å². The summed E-state index contributed by atoms with van der Waals surface area (Å²) in [6, 6.07) is 51.5. The standard InChI is InChI=1S/C22H20Si.2C5H5.Zr/c1-23(2,21-16-10-5-11-17-21)22(20-14-8-4-9-15-20)18-19-12-6-3-7-13-19;2*1-2-4-5-3-1;/h3-17H,1H2,2H3;2*1-5H;/q-2;2*-1;+4. The minimum absolute atomic E-state index is 0. The van der Waals surface area contributed by atoms with Crippen LogP contribution in [0.25, 0.3) is 5.20 Å². The molecule has 0 heterocycles. The fourth-order valence-electron chi connectivity index (χ4n) is 3.39. The van der Waals surface area contributed by atoms with Crippen LogP contribution in [0, 0.1) is 12.6 Å². The van der Waals surface area contributed by atoms with Crippen LogP contribution >= 0.6 is 0 Å². The third-order valence-electron chi connectivity index (χ3n) is 5.18. The molecule has 0 aliphatic carbocycles. The molecule has 0 aliphatic heterocycles. The first-order valence-electron chi connectivity index (χ1n) is 11.2. The summed E-state index contributed by atoms with van der Waals surface area (Å²) in [4.78, 5) is 0. The maximum atomic E-state index is 4.65. The second-order valence-corrected chi connectivity index (χ2v) is 11.6. The van der Waals surface area contributed by atoms with Gasteiger partial charge in [-0.1, -0.05) is 86.5 Å². The summed E-state index contributed by atoms with van der Waals surface area (Å²) < 4.78 is 0. The van der Waals surface area contributed by atoms with Crippen LogP contribution in [-0.4, -0.2) is 8.07 Å². The predicted octanol–water partition coefficient (Wildman–Crippen LogP) is 7.63. The van der Waals surface area contributed by atoms with E-state index in [4.69, 9.17) is 0 Å². The first-order valence-corrected chi connectivity index (χ1v) is 13.9. The van der Waals surface area contributed by atoms with E-state index < -0.39 is 8.07 Å². The number of benzene rings is 3. The molecule has 5 aromatic carbocycles. The second kappa shape index (κ2) is 15.2. The van der Waals surface area contributed by atoms with E-state index in [1.54, 1.807) is 0 Å². The molecule has 1 atom stereocenters. The smallest absolute Gasteiger partial charge is 0.335 e. The Kier molecular flexibility index (Phi) is 12.2. The van der Waals surface area contributed by atoms with Crippen LogP contribution in [0.15, 0.2) is 152 Å². The van der Waals surface area contributed by atoms with Crippen molar-refractivity contribution in [2.24, 2.45) is 0 Å². The Labute approximate surface area is 225 Å². The average molecular weight is 534 g/mol. The van der Waals surface area contributed by atoms with Gasteiger partial charge in [-0.3, -0.25) is 0 Å². The first kappa shape index (κ1) is 27.4. The molecular weight excluding hydrogens is 504 g/mol. The van der Waals surface area contributed by atoms with Gasteiger partial charge in [-0.25, -0.2) is 24.3 Å². The predicted molar refractivity (Wildman–Crippen MR) is 146 cm³/mol. The van der Waals surface area contributed by atoms with Crippen molar-refractivity contribution in [1.29, 1.82) is 0 Å². The summed E-state index contributed by atoms with van der Waals surface area (Å²) in [6.07, 6.45) is 3.65. The monoisotopic (exact) mass is 532 g/mol. The Balaban J connectivity index is 0.000000305. The molecule has 0 amide bonds. The second-order valence-electron chi connectivity index (χ2n) is 7.85. The van der Waals surface area contributed by atoms with Crippen molar-refractivity contribution < 1.29 is 26.2 Å². The van der Waals surface area contributed by atoms with Gasteiger partial charge in [-0.05, 0) is 0 Å². The van der Waals surface area contributed by atoms with Gasteiger partial charge in [0.1, 0.15) is 0 Å². The zero-order valence-electron chi connectivity index (χ0n) is 19.6. The molecule has 0 aliphatic rings. The summed E-state index contributed by atoms with van der Waals surface area (Å²) in [6.45, 7) is 6.94. The molecule has 0 saturated heterocycles. The summed E-state index contributed by atoms with van der Waals surface area (Å²) >= 11 is 0. The molecule has 5 aromatic rings. The van der Waals surface area contributed by atoms with Gasteiger partial charge in [0.25, 0.3) is 0 Å². The minimum atomic E-state index is -2.08.